The number of ether oxygens (including phenoxy) is 1. The number of amides is 1. The van der Waals surface area contributed by atoms with E-state index >= 15 is 0 Å². The third kappa shape index (κ3) is 3.43. The Balaban J connectivity index is 1.91. The number of rotatable bonds is 5. The number of para-hydroxylation sites is 1. The van der Waals surface area contributed by atoms with Crippen molar-refractivity contribution < 1.29 is 13.9 Å². The predicted octanol–water partition coefficient (Wildman–Crippen LogP) is 3.66. The lowest BCUT2D eigenvalue weighted by Crippen LogP contribution is -2.14. The van der Waals surface area contributed by atoms with E-state index in [0.29, 0.717) is 23.7 Å². The van der Waals surface area contributed by atoms with Crippen LogP contribution in [0.5, 0.6) is 5.75 Å². The van der Waals surface area contributed by atoms with Crippen molar-refractivity contribution in [3.05, 3.63) is 72.3 Å². The van der Waals surface area contributed by atoms with Gasteiger partial charge in [-0.15, -0.1) is 0 Å². The Morgan fingerprint density at radius 3 is 2.54 bits per heavy atom. The fourth-order valence-corrected chi connectivity index (χ4v) is 2.21. The average Bonchev–Trinajstić information content (AvgIpc) is 3.01. The van der Waals surface area contributed by atoms with Crippen LogP contribution < -0.4 is 10.1 Å². The Kier molecular flexibility index (Phi) is 4.56. The Labute approximate surface area is 138 Å². The molecule has 122 valence electrons. The molecule has 0 bridgehead atoms. The summed E-state index contributed by atoms with van der Waals surface area (Å²) < 4.78 is 20.1. The van der Waals surface area contributed by atoms with Gasteiger partial charge in [0.1, 0.15) is 5.82 Å². The minimum Gasteiger partial charge on any atom is -0.490 e. The second-order valence-electron chi connectivity index (χ2n) is 5.02. The number of hydrogen-bond acceptors (Lipinski definition) is 3. The minimum atomic E-state index is -0.370. The largest absolute Gasteiger partial charge is 0.490 e. The molecule has 1 heterocycles. The molecule has 0 atom stereocenters. The van der Waals surface area contributed by atoms with E-state index in [1.165, 1.54) is 16.8 Å². The van der Waals surface area contributed by atoms with E-state index in [1.54, 1.807) is 30.5 Å². The van der Waals surface area contributed by atoms with Crippen molar-refractivity contribution in [1.29, 1.82) is 0 Å². The van der Waals surface area contributed by atoms with Gasteiger partial charge < -0.3 is 10.1 Å². The third-order valence-electron chi connectivity index (χ3n) is 3.32. The second-order valence-corrected chi connectivity index (χ2v) is 5.02. The molecule has 1 amide bonds. The van der Waals surface area contributed by atoms with Crippen molar-refractivity contribution in [2.75, 3.05) is 11.9 Å². The van der Waals surface area contributed by atoms with Gasteiger partial charge in [0.2, 0.25) is 0 Å². The van der Waals surface area contributed by atoms with Crippen LogP contribution in [-0.2, 0) is 0 Å². The van der Waals surface area contributed by atoms with E-state index in [2.05, 4.69) is 10.4 Å². The fraction of sp³-hybridized carbons (Fsp3) is 0.111. The van der Waals surface area contributed by atoms with E-state index < -0.39 is 0 Å². The molecule has 5 nitrogen and oxygen atoms in total. The Hall–Kier alpha value is -3.15. The van der Waals surface area contributed by atoms with Crippen LogP contribution in [0.25, 0.3) is 5.69 Å². The van der Waals surface area contributed by atoms with E-state index in [-0.39, 0.29) is 17.4 Å². The number of hydrogen-bond donors (Lipinski definition) is 1. The maximum absolute atomic E-state index is 13.1. The standard InChI is InChI=1S/C18H16FN3O2/c1-2-24-16-12-22(15-10-8-13(19)9-11-15)21-17(16)18(23)20-14-6-4-3-5-7-14/h3-12H,2H2,1H3,(H,20,23). The lowest BCUT2D eigenvalue weighted by Gasteiger charge is -2.05. The van der Waals surface area contributed by atoms with Crippen molar-refractivity contribution in [3.8, 4) is 11.4 Å². The van der Waals surface area contributed by atoms with Gasteiger partial charge in [-0.25, -0.2) is 9.07 Å². The molecule has 1 N–H and O–H groups in total. The zero-order valence-corrected chi connectivity index (χ0v) is 13.1. The predicted molar refractivity (Wildman–Crippen MR) is 89.1 cm³/mol. The van der Waals surface area contributed by atoms with Crippen LogP contribution in [0.1, 0.15) is 17.4 Å². The number of carbonyl (C=O) groups is 1. The minimum absolute atomic E-state index is 0.171. The van der Waals surface area contributed by atoms with Crippen LogP contribution in [0.3, 0.4) is 0 Å². The van der Waals surface area contributed by atoms with E-state index in [0.717, 1.165) is 0 Å². The van der Waals surface area contributed by atoms with Crippen molar-refractivity contribution >= 4 is 11.6 Å². The monoisotopic (exact) mass is 325 g/mol. The summed E-state index contributed by atoms with van der Waals surface area (Å²) in [6.07, 6.45) is 1.61. The van der Waals surface area contributed by atoms with E-state index in [1.807, 2.05) is 25.1 Å². The average molecular weight is 325 g/mol. The summed E-state index contributed by atoms with van der Waals surface area (Å²) in [7, 11) is 0. The Bertz CT molecular complexity index is 829. The number of aromatic nitrogens is 2. The second kappa shape index (κ2) is 6.95. The molecule has 2 aromatic carbocycles. The molecule has 0 radical (unpaired) electrons. The highest BCUT2D eigenvalue weighted by atomic mass is 19.1. The highest BCUT2D eigenvalue weighted by molar-refractivity contribution is 6.04. The topological polar surface area (TPSA) is 56.2 Å². The molecule has 0 aliphatic rings. The van der Waals surface area contributed by atoms with E-state index in [9.17, 15) is 9.18 Å². The maximum atomic E-state index is 13.1. The lowest BCUT2D eigenvalue weighted by molar-refractivity contribution is 0.101. The molecule has 0 aliphatic carbocycles. The number of nitrogens with zero attached hydrogens (tertiary/aromatic N) is 2. The first-order valence-corrected chi connectivity index (χ1v) is 7.52. The van der Waals surface area contributed by atoms with Crippen LogP contribution >= 0.6 is 0 Å². The van der Waals surface area contributed by atoms with Crippen LogP contribution in [0.2, 0.25) is 0 Å². The molecule has 0 saturated carbocycles. The normalized spacial score (nSPS) is 10.4. The van der Waals surface area contributed by atoms with Crippen LogP contribution in [0.4, 0.5) is 10.1 Å². The van der Waals surface area contributed by atoms with Gasteiger partial charge in [-0.1, -0.05) is 18.2 Å². The number of carbonyl (C=O) groups excluding carboxylic acids is 1. The fourth-order valence-electron chi connectivity index (χ4n) is 2.21. The van der Waals surface area contributed by atoms with Gasteiger partial charge in [-0.2, -0.15) is 5.10 Å². The Morgan fingerprint density at radius 2 is 1.88 bits per heavy atom. The van der Waals surface area contributed by atoms with Crippen molar-refractivity contribution in [1.82, 2.24) is 9.78 Å². The first kappa shape index (κ1) is 15.7. The molecule has 0 aliphatic heterocycles. The SMILES string of the molecule is CCOc1cn(-c2ccc(F)cc2)nc1C(=O)Nc1ccccc1. The number of halogens is 1. The molecule has 0 spiro atoms. The van der Waals surface area contributed by atoms with Gasteiger partial charge in [-0.3, -0.25) is 4.79 Å². The third-order valence-corrected chi connectivity index (χ3v) is 3.32. The summed E-state index contributed by atoms with van der Waals surface area (Å²) in [5.74, 6) is -0.334. The number of benzene rings is 2. The molecular formula is C18H16FN3O2. The summed E-state index contributed by atoms with van der Waals surface area (Å²) in [6, 6.07) is 14.9. The van der Waals surface area contributed by atoms with Crippen LogP contribution in [0.15, 0.2) is 60.8 Å². The van der Waals surface area contributed by atoms with Gasteiger partial charge in [0.15, 0.2) is 11.4 Å². The molecule has 3 aromatic rings. The summed E-state index contributed by atoms with van der Waals surface area (Å²) in [4.78, 5) is 12.5. The number of nitrogens with one attached hydrogen (secondary N) is 1. The maximum Gasteiger partial charge on any atom is 0.280 e. The molecule has 6 heteroatoms. The van der Waals surface area contributed by atoms with Crippen molar-refractivity contribution in [2.24, 2.45) is 0 Å². The van der Waals surface area contributed by atoms with Gasteiger partial charge >= 0.3 is 0 Å². The first-order valence-electron chi connectivity index (χ1n) is 7.52. The highest BCUT2D eigenvalue weighted by Gasteiger charge is 2.19. The molecule has 1 aromatic heterocycles. The van der Waals surface area contributed by atoms with Gasteiger partial charge in [0.25, 0.3) is 5.91 Å². The molecule has 3 rings (SSSR count). The quantitative estimate of drug-likeness (QED) is 0.779. The van der Waals surface area contributed by atoms with Gasteiger partial charge in [0.05, 0.1) is 18.5 Å². The highest BCUT2D eigenvalue weighted by Crippen LogP contribution is 2.21. The molecule has 0 unspecified atom stereocenters. The van der Waals surface area contributed by atoms with Crippen molar-refractivity contribution in [2.45, 2.75) is 6.92 Å². The number of anilines is 1. The molecule has 24 heavy (non-hydrogen) atoms. The smallest absolute Gasteiger partial charge is 0.280 e. The van der Waals surface area contributed by atoms with E-state index in [4.69, 9.17) is 4.74 Å². The molecule has 0 saturated heterocycles. The first-order chi connectivity index (χ1) is 11.7. The Morgan fingerprint density at radius 1 is 1.17 bits per heavy atom. The van der Waals surface area contributed by atoms with Gasteiger partial charge in [0, 0.05) is 5.69 Å². The summed E-state index contributed by atoms with van der Waals surface area (Å²) >= 11 is 0. The molecule has 0 fully saturated rings. The zero-order chi connectivity index (χ0) is 16.9. The summed E-state index contributed by atoms with van der Waals surface area (Å²) in [5, 5.41) is 7.06. The summed E-state index contributed by atoms with van der Waals surface area (Å²) in [5.41, 5.74) is 1.47. The zero-order valence-electron chi connectivity index (χ0n) is 13.1. The molecular weight excluding hydrogens is 309 g/mol. The van der Waals surface area contributed by atoms with Gasteiger partial charge in [-0.05, 0) is 43.3 Å². The summed E-state index contributed by atoms with van der Waals surface area (Å²) in [6.45, 7) is 2.23. The van der Waals surface area contributed by atoms with Crippen LogP contribution in [0, 0.1) is 5.82 Å². The van der Waals surface area contributed by atoms with Crippen molar-refractivity contribution in [3.63, 3.8) is 0 Å². The lowest BCUT2D eigenvalue weighted by atomic mass is 10.3. The van der Waals surface area contributed by atoms with Crippen LogP contribution in [-0.4, -0.2) is 22.3 Å².